The minimum absolute atomic E-state index is 0.0268. The first-order valence-corrected chi connectivity index (χ1v) is 6.92. The SMILES string of the molecule is CCOC(=O)/C(CCCC(=O)O)=N\Nc1ccc(OC)cc1. The van der Waals surface area contributed by atoms with E-state index in [1.165, 1.54) is 0 Å². The summed E-state index contributed by atoms with van der Waals surface area (Å²) in [5.41, 5.74) is 3.60. The summed E-state index contributed by atoms with van der Waals surface area (Å²) < 4.78 is 9.96. The summed E-state index contributed by atoms with van der Waals surface area (Å²) in [6, 6.07) is 7.02. The monoisotopic (exact) mass is 308 g/mol. The van der Waals surface area contributed by atoms with Crippen molar-refractivity contribution < 1.29 is 24.2 Å². The summed E-state index contributed by atoms with van der Waals surface area (Å²) in [6.07, 6.45) is 0.520. The number of nitrogens with one attached hydrogen (secondary N) is 1. The summed E-state index contributed by atoms with van der Waals surface area (Å²) >= 11 is 0. The van der Waals surface area contributed by atoms with E-state index in [1.807, 2.05) is 0 Å². The number of carboxylic acid groups (broad SMARTS) is 1. The molecule has 0 unspecified atom stereocenters. The van der Waals surface area contributed by atoms with Gasteiger partial charge in [0.15, 0.2) is 0 Å². The molecule has 120 valence electrons. The lowest BCUT2D eigenvalue weighted by Crippen LogP contribution is -2.19. The van der Waals surface area contributed by atoms with Crippen LogP contribution in [0.4, 0.5) is 5.69 Å². The first-order chi connectivity index (χ1) is 10.6. The maximum Gasteiger partial charge on any atom is 0.354 e. The molecule has 7 heteroatoms. The molecule has 0 aliphatic heterocycles. The number of esters is 1. The molecule has 1 aromatic rings. The van der Waals surface area contributed by atoms with Crippen molar-refractivity contribution in [1.82, 2.24) is 0 Å². The first kappa shape index (κ1) is 17.5. The third-order valence-electron chi connectivity index (χ3n) is 2.73. The number of anilines is 1. The Balaban J connectivity index is 2.70. The van der Waals surface area contributed by atoms with E-state index in [1.54, 1.807) is 38.3 Å². The predicted octanol–water partition coefficient (Wildman–Crippen LogP) is 2.28. The summed E-state index contributed by atoms with van der Waals surface area (Å²) in [6.45, 7) is 1.93. The van der Waals surface area contributed by atoms with Crippen molar-refractivity contribution in [3.63, 3.8) is 0 Å². The van der Waals surface area contributed by atoms with Gasteiger partial charge in [0.1, 0.15) is 11.5 Å². The van der Waals surface area contributed by atoms with Gasteiger partial charge in [-0.15, -0.1) is 0 Å². The minimum Gasteiger partial charge on any atom is -0.497 e. The summed E-state index contributed by atoms with van der Waals surface area (Å²) in [5.74, 6) is -0.748. The van der Waals surface area contributed by atoms with E-state index in [0.29, 0.717) is 17.9 Å². The highest BCUT2D eigenvalue weighted by molar-refractivity contribution is 6.36. The van der Waals surface area contributed by atoms with Gasteiger partial charge in [0, 0.05) is 6.42 Å². The Hall–Kier alpha value is -2.57. The summed E-state index contributed by atoms with van der Waals surface area (Å²) in [4.78, 5) is 22.3. The summed E-state index contributed by atoms with van der Waals surface area (Å²) in [7, 11) is 1.57. The second-order valence-electron chi connectivity index (χ2n) is 4.37. The van der Waals surface area contributed by atoms with Crippen molar-refractivity contribution in [2.24, 2.45) is 5.10 Å². The number of hydrogen-bond donors (Lipinski definition) is 2. The van der Waals surface area contributed by atoms with Gasteiger partial charge in [0.05, 0.1) is 19.4 Å². The van der Waals surface area contributed by atoms with Crippen LogP contribution >= 0.6 is 0 Å². The molecule has 0 heterocycles. The van der Waals surface area contributed by atoms with Gasteiger partial charge in [0.25, 0.3) is 0 Å². The van der Waals surface area contributed by atoms with Gasteiger partial charge in [-0.2, -0.15) is 5.10 Å². The highest BCUT2D eigenvalue weighted by Crippen LogP contribution is 2.15. The molecular weight excluding hydrogens is 288 g/mol. The van der Waals surface area contributed by atoms with Crippen LogP contribution in [0.1, 0.15) is 26.2 Å². The maximum atomic E-state index is 11.8. The molecule has 2 N–H and O–H groups in total. The molecule has 0 atom stereocenters. The van der Waals surface area contributed by atoms with Crippen LogP contribution in [-0.2, 0) is 14.3 Å². The van der Waals surface area contributed by atoms with Crippen molar-refractivity contribution in [2.45, 2.75) is 26.2 Å². The Morgan fingerprint density at radius 1 is 1.23 bits per heavy atom. The number of hydrogen-bond acceptors (Lipinski definition) is 6. The van der Waals surface area contributed by atoms with Crippen molar-refractivity contribution >= 4 is 23.3 Å². The Morgan fingerprint density at radius 2 is 1.91 bits per heavy atom. The lowest BCUT2D eigenvalue weighted by atomic mass is 10.1. The molecule has 0 fully saturated rings. The Bertz CT molecular complexity index is 525. The predicted molar refractivity (Wildman–Crippen MR) is 82.2 cm³/mol. The fourth-order valence-corrected chi connectivity index (χ4v) is 1.62. The molecule has 0 radical (unpaired) electrons. The molecule has 0 amide bonds. The smallest absolute Gasteiger partial charge is 0.354 e. The van der Waals surface area contributed by atoms with Gasteiger partial charge in [-0.3, -0.25) is 10.2 Å². The van der Waals surface area contributed by atoms with Crippen molar-refractivity contribution in [3.8, 4) is 5.75 Å². The van der Waals surface area contributed by atoms with Crippen LogP contribution in [0, 0.1) is 0 Å². The third kappa shape index (κ3) is 6.25. The van der Waals surface area contributed by atoms with E-state index in [0.717, 1.165) is 0 Å². The van der Waals surface area contributed by atoms with Crippen LogP contribution in [-0.4, -0.2) is 36.5 Å². The molecule has 0 saturated carbocycles. The Labute approximate surface area is 128 Å². The van der Waals surface area contributed by atoms with Crippen LogP contribution in [0.2, 0.25) is 0 Å². The Morgan fingerprint density at radius 3 is 2.45 bits per heavy atom. The molecule has 0 aromatic heterocycles. The number of carbonyl (C=O) groups excluding carboxylic acids is 1. The van der Waals surface area contributed by atoms with Gasteiger partial charge in [-0.1, -0.05) is 0 Å². The zero-order chi connectivity index (χ0) is 16.4. The molecule has 7 nitrogen and oxygen atoms in total. The summed E-state index contributed by atoms with van der Waals surface area (Å²) in [5, 5.41) is 12.7. The largest absolute Gasteiger partial charge is 0.497 e. The van der Waals surface area contributed by atoms with E-state index in [-0.39, 0.29) is 25.2 Å². The van der Waals surface area contributed by atoms with Crippen LogP contribution in [0.5, 0.6) is 5.75 Å². The third-order valence-corrected chi connectivity index (χ3v) is 2.73. The van der Waals surface area contributed by atoms with Gasteiger partial charge in [-0.25, -0.2) is 4.79 Å². The number of ether oxygens (including phenoxy) is 2. The topological polar surface area (TPSA) is 97.2 Å². The minimum atomic E-state index is -0.911. The molecule has 0 bridgehead atoms. The maximum absolute atomic E-state index is 11.8. The number of benzene rings is 1. The van der Waals surface area contributed by atoms with Crippen molar-refractivity contribution in [3.05, 3.63) is 24.3 Å². The van der Waals surface area contributed by atoms with E-state index in [9.17, 15) is 9.59 Å². The van der Waals surface area contributed by atoms with Gasteiger partial charge < -0.3 is 14.6 Å². The molecule has 22 heavy (non-hydrogen) atoms. The first-order valence-electron chi connectivity index (χ1n) is 6.92. The Kier molecular flexibility index (Phi) is 7.45. The molecule has 1 aromatic carbocycles. The average Bonchev–Trinajstić information content (AvgIpc) is 2.51. The van der Waals surface area contributed by atoms with Crippen LogP contribution in [0.15, 0.2) is 29.4 Å². The lowest BCUT2D eigenvalue weighted by molar-refractivity contribution is -0.137. The van der Waals surface area contributed by atoms with Crippen LogP contribution in [0.3, 0.4) is 0 Å². The van der Waals surface area contributed by atoms with E-state index in [4.69, 9.17) is 14.6 Å². The normalized spacial score (nSPS) is 10.9. The van der Waals surface area contributed by atoms with Crippen molar-refractivity contribution in [2.75, 3.05) is 19.1 Å². The average molecular weight is 308 g/mol. The fourth-order valence-electron chi connectivity index (χ4n) is 1.62. The van der Waals surface area contributed by atoms with Gasteiger partial charge in [-0.05, 0) is 44.0 Å². The number of methoxy groups -OCH3 is 1. The number of rotatable bonds is 9. The lowest BCUT2D eigenvalue weighted by Gasteiger charge is -2.07. The van der Waals surface area contributed by atoms with E-state index >= 15 is 0 Å². The van der Waals surface area contributed by atoms with Crippen molar-refractivity contribution in [1.29, 1.82) is 0 Å². The standard InChI is InChI=1S/C15H20N2O5/c1-3-22-15(20)13(5-4-6-14(18)19)17-16-11-7-9-12(21-2)10-8-11/h7-10,16H,3-6H2,1-2H3,(H,18,19)/b17-13-. The van der Waals surface area contributed by atoms with Crippen LogP contribution in [0.25, 0.3) is 0 Å². The zero-order valence-corrected chi connectivity index (χ0v) is 12.7. The highest BCUT2D eigenvalue weighted by atomic mass is 16.5. The quantitative estimate of drug-likeness (QED) is 0.412. The molecule has 1 rings (SSSR count). The van der Waals surface area contributed by atoms with Gasteiger partial charge in [0.2, 0.25) is 0 Å². The molecule has 0 spiro atoms. The number of hydrazone groups is 1. The highest BCUT2D eigenvalue weighted by Gasteiger charge is 2.13. The second-order valence-corrected chi connectivity index (χ2v) is 4.37. The van der Waals surface area contributed by atoms with Gasteiger partial charge >= 0.3 is 11.9 Å². The van der Waals surface area contributed by atoms with E-state index in [2.05, 4.69) is 10.5 Å². The number of nitrogens with zero attached hydrogens (tertiary/aromatic N) is 1. The van der Waals surface area contributed by atoms with E-state index < -0.39 is 11.9 Å². The fraction of sp³-hybridized carbons (Fsp3) is 0.400. The molecular formula is C15H20N2O5. The molecule has 0 saturated heterocycles. The second kappa shape index (κ2) is 9.38. The molecule has 0 aliphatic rings. The number of aliphatic carboxylic acids is 1. The number of carbonyl (C=O) groups is 2. The zero-order valence-electron chi connectivity index (χ0n) is 12.7. The molecule has 0 aliphatic carbocycles. The number of carboxylic acids is 1. The van der Waals surface area contributed by atoms with Crippen LogP contribution < -0.4 is 10.2 Å².